The Kier molecular flexibility index (Phi) is 5.82. The van der Waals surface area contributed by atoms with Gasteiger partial charge in [0.1, 0.15) is 0 Å². The molecule has 1 aromatic rings. The van der Waals surface area contributed by atoms with E-state index in [9.17, 15) is 14.4 Å². The number of anilines is 1. The average molecular weight is 345 g/mol. The number of likely N-dealkylation sites (tertiary alicyclic amines) is 1. The van der Waals surface area contributed by atoms with Gasteiger partial charge in [0.25, 0.3) is 5.91 Å². The molecule has 1 aliphatic rings. The number of nitrogens with one attached hydrogen (secondary N) is 2. The quantitative estimate of drug-likeness (QED) is 0.883. The first-order valence-corrected chi connectivity index (χ1v) is 8.64. The van der Waals surface area contributed by atoms with E-state index in [1.54, 1.807) is 24.3 Å². The van der Waals surface area contributed by atoms with E-state index in [1.807, 2.05) is 25.7 Å². The molecule has 1 fully saturated rings. The molecule has 1 aliphatic heterocycles. The Morgan fingerprint density at radius 3 is 2.08 bits per heavy atom. The van der Waals surface area contributed by atoms with Crippen LogP contribution in [-0.2, 0) is 9.59 Å². The van der Waals surface area contributed by atoms with Crippen molar-refractivity contribution >= 4 is 23.4 Å². The Labute approximate surface area is 149 Å². The summed E-state index contributed by atoms with van der Waals surface area (Å²) in [6.07, 6.45) is 1.52. The molecular weight excluding hydrogens is 318 g/mol. The third kappa shape index (κ3) is 5.31. The number of benzene rings is 1. The van der Waals surface area contributed by atoms with Gasteiger partial charge in [-0.05, 0) is 37.1 Å². The molecule has 1 saturated heterocycles. The summed E-state index contributed by atoms with van der Waals surface area (Å²) in [5, 5.41) is 5.75. The topological polar surface area (TPSA) is 78.5 Å². The second-order valence-corrected chi connectivity index (χ2v) is 7.55. The van der Waals surface area contributed by atoms with Crippen molar-refractivity contribution in [3.63, 3.8) is 0 Å². The van der Waals surface area contributed by atoms with Crippen molar-refractivity contribution in [1.82, 2.24) is 10.2 Å². The minimum absolute atomic E-state index is 0.0185. The minimum Gasteiger partial charge on any atom is -0.353 e. The molecule has 1 heterocycles. The second-order valence-electron chi connectivity index (χ2n) is 7.55. The number of carbonyl (C=O) groups excluding carboxylic acids is 3. The van der Waals surface area contributed by atoms with Crippen LogP contribution in [0, 0.1) is 5.41 Å². The van der Waals surface area contributed by atoms with Gasteiger partial charge in [-0.25, -0.2) is 0 Å². The summed E-state index contributed by atoms with van der Waals surface area (Å²) in [6, 6.07) is 7.02. The molecule has 3 amide bonds. The van der Waals surface area contributed by atoms with Gasteiger partial charge in [0, 0.05) is 42.7 Å². The van der Waals surface area contributed by atoms with E-state index in [0.717, 1.165) is 12.8 Å². The predicted octanol–water partition coefficient (Wildman–Crippen LogP) is 2.41. The van der Waals surface area contributed by atoms with Crippen molar-refractivity contribution in [2.45, 2.75) is 46.6 Å². The lowest BCUT2D eigenvalue weighted by molar-refractivity contribution is -0.129. The number of nitrogens with zero attached hydrogens (tertiary/aromatic N) is 1. The van der Waals surface area contributed by atoms with Crippen LogP contribution in [0.2, 0.25) is 0 Å². The Hall–Kier alpha value is -2.37. The van der Waals surface area contributed by atoms with Crippen LogP contribution in [0.3, 0.4) is 0 Å². The van der Waals surface area contributed by atoms with E-state index < -0.39 is 5.41 Å². The first-order valence-electron chi connectivity index (χ1n) is 8.64. The predicted molar refractivity (Wildman–Crippen MR) is 97.3 cm³/mol. The van der Waals surface area contributed by atoms with Crippen LogP contribution in [0.4, 0.5) is 5.69 Å². The fourth-order valence-electron chi connectivity index (χ4n) is 2.71. The fraction of sp³-hybridized carbons (Fsp3) is 0.526. The van der Waals surface area contributed by atoms with Crippen molar-refractivity contribution < 1.29 is 14.4 Å². The summed E-state index contributed by atoms with van der Waals surface area (Å²) >= 11 is 0. The van der Waals surface area contributed by atoms with Gasteiger partial charge in [-0.3, -0.25) is 14.4 Å². The van der Waals surface area contributed by atoms with E-state index >= 15 is 0 Å². The maximum absolute atomic E-state index is 12.6. The molecule has 6 heteroatoms. The molecular formula is C19H27N3O3. The highest BCUT2D eigenvalue weighted by Crippen LogP contribution is 2.18. The number of hydrogen-bond acceptors (Lipinski definition) is 3. The SMILES string of the molecule is CC(=O)Nc1ccc(C(=O)N2CCC(NC(=O)C(C)(C)C)CC2)cc1. The fourth-order valence-corrected chi connectivity index (χ4v) is 2.71. The lowest BCUT2D eigenvalue weighted by Crippen LogP contribution is -2.49. The van der Waals surface area contributed by atoms with Gasteiger partial charge < -0.3 is 15.5 Å². The molecule has 0 aromatic heterocycles. The molecule has 0 unspecified atom stereocenters. The molecule has 25 heavy (non-hydrogen) atoms. The molecule has 0 atom stereocenters. The molecule has 0 aliphatic carbocycles. The van der Waals surface area contributed by atoms with Crippen LogP contribution in [0.1, 0.15) is 50.9 Å². The van der Waals surface area contributed by atoms with Gasteiger partial charge in [-0.1, -0.05) is 20.8 Å². The van der Waals surface area contributed by atoms with Gasteiger partial charge >= 0.3 is 0 Å². The molecule has 0 saturated carbocycles. The summed E-state index contributed by atoms with van der Waals surface area (Å²) < 4.78 is 0. The van der Waals surface area contributed by atoms with Crippen LogP contribution >= 0.6 is 0 Å². The van der Waals surface area contributed by atoms with Crippen LogP contribution in [-0.4, -0.2) is 41.8 Å². The van der Waals surface area contributed by atoms with Crippen molar-refractivity contribution in [2.75, 3.05) is 18.4 Å². The molecule has 1 aromatic carbocycles. The van der Waals surface area contributed by atoms with Crippen LogP contribution in [0.5, 0.6) is 0 Å². The molecule has 0 bridgehead atoms. The van der Waals surface area contributed by atoms with E-state index in [4.69, 9.17) is 0 Å². The van der Waals surface area contributed by atoms with E-state index in [1.165, 1.54) is 6.92 Å². The third-order valence-electron chi connectivity index (χ3n) is 4.25. The van der Waals surface area contributed by atoms with Crippen molar-refractivity contribution in [1.29, 1.82) is 0 Å². The lowest BCUT2D eigenvalue weighted by Gasteiger charge is -2.33. The highest BCUT2D eigenvalue weighted by atomic mass is 16.2. The Morgan fingerprint density at radius 1 is 1.04 bits per heavy atom. The van der Waals surface area contributed by atoms with Crippen molar-refractivity contribution in [3.05, 3.63) is 29.8 Å². The van der Waals surface area contributed by atoms with Gasteiger partial charge in [0.2, 0.25) is 11.8 Å². The molecule has 136 valence electrons. The summed E-state index contributed by atoms with van der Waals surface area (Å²) in [5.74, 6) is -0.112. The maximum Gasteiger partial charge on any atom is 0.253 e. The largest absolute Gasteiger partial charge is 0.353 e. The summed E-state index contributed by atoms with van der Waals surface area (Å²) in [4.78, 5) is 37.5. The highest BCUT2D eigenvalue weighted by molar-refractivity contribution is 5.95. The smallest absolute Gasteiger partial charge is 0.253 e. The summed E-state index contributed by atoms with van der Waals surface area (Å²) in [6.45, 7) is 8.38. The highest BCUT2D eigenvalue weighted by Gasteiger charge is 2.28. The standard InChI is InChI=1S/C19H27N3O3/c1-13(23)20-15-7-5-14(6-8-15)17(24)22-11-9-16(10-12-22)21-18(25)19(2,3)4/h5-8,16H,9-12H2,1-4H3,(H,20,23)(H,21,25). The van der Waals surface area contributed by atoms with E-state index in [-0.39, 0.29) is 23.8 Å². The summed E-state index contributed by atoms with van der Waals surface area (Å²) in [7, 11) is 0. The first kappa shape index (κ1) is 19.0. The third-order valence-corrected chi connectivity index (χ3v) is 4.25. The Bertz CT molecular complexity index is 639. The van der Waals surface area contributed by atoms with Crippen LogP contribution in [0.15, 0.2) is 24.3 Å². The average Bonchev–Trinajstić information content (AvgIpc) is 2.54. The lowest BCUT2D eigenvalue weighted by atomic mass is 9.94. The first-order chi connectivity index (χ1) is 11.7. The maximum atomic E-state index is 12.6. The zero-order valence-corrected chi connectivity index (χ0v) is 15.4. The summed E-state index contributed by atoms with van der Waals surface area (Å²) in [5.41, 5.74) is 0.877. The zero-order valence-electron chi connectivity index (χ0n) is 15.4. The van der Waals surface area contributed by atoms with E-state index in [2.05, 4.69) is 10.6 Å². The van der Waals surface area contributed by atoms with Crippen LogP contribution in [0.25, 0.3) is 0 Å². The Morgan fingerprint density at radius 2 is 1.60 bits per heavy atom. The molecule has 0 spiro atoms. The Balaban J connectivity index is 1.88. The van der Waals surface area contributed by atoms with Gasteiger partial charge in [0.15, 0.2) is 0 Å². The van der Waals surface area contributed by atoms with Gasteiger partial charge in [-0.2, -0.15) is 0 Å². The normalized spacial score (nSPS) is 15.6. The number of piperidine rings is 1. The van der Waals surface area contributed by atoms with Crippen LogP contribution < -0.4 is 10.6 Å². The number of carbonyl (C=O) groups is 3. The molecule has 6 nitrogen and oxygen atoms in total. The molecule has 0 radical (unpaired) electrons. The zero-order chi connectivity index (χ0) is 18.6. The van der Waals surface area contributed by atoms with Crippen molar-refractivity contribution in [2.24, 2.45) is 5.41 Å². The van der Waals surface area contributed by atoms with Gasteiger partial charge in [0.05, 0.1) is 0 Å². The molecule has 2 N–H and O–H groups in total. The number of amides is 3. The number of hydrogen-bond donors (Lipinski definition) is 2. The number of rotatable bonds is 3. The second kappa shape index (κ2) is 7.68. The molecule has 2 rings (SSSR count). The van der Waals surface area contributed by atoms with Gasteiger partial charge in [-0.15, -0.1) is 0 Å². The monoisotopic (exact) mass is 345 g/mol. The van der Waals surface area contributed by atoms with Crippen molar-refractivity contribution in [3.8, 4) is 0 Å². The van der Waals surface area contributed by atoms with E-state index in [0.29, 0.717) is 24.3 Å². The minimum atomic E-state index is -0.400.